The zero-order valence-corrected chi connectivity index (χ0v) is 15.8. The van der Waals surface area contributed by atoms with Crippen molar-refractivity contribution in [1.29, 1.82) is 0 Å². The molecule has 1 atom stereocenters. The lowest BCUT2D eigenvalue weighted by molar-refractivity contribution is -0.155. The van der Waals surface area contributed by atoms with Gasteiger partial charge in [0.15, 0.2) is 0 Å². The number of halogens is 2. The highest BCUT2D eigenvalue weighted by atomic mass is 19.3. The quantitative estimate of drug-likeness (QED) is 0.611. The maximum absolute atomic E-state index is 12.5. The van der Waals surface area contributed by atoms with Gasteiger partial charge < -0.3 is 20.1 Å². The van der Waals surface area contributed by atoms with E-state index in [4.69, 9.17) is 4.74 Å². The van der Waals surface area contributed by atoms with Gasteiger partial charge in [-0.3, -0.25) is 14.4 Å². The smallest absolute Gasteiger partial charge is 0.387 e. The summed E-state index contributed by atoms with van der Waals surface area (Å²) in [4.78, 5) is 37.0. The van der Waals surface area contributed by atoms with E-state index in [2.05, 4.69) is 15.4 Å². The molecule has 0 spiro atoms. The third kappa shape index (κ3) is 6.00. The van der Waals surface area contributed by atoms with Crippen molar-refractivity contribution in [2.45, 2.75) is 31.6 Å². The maximum Gasteiger partial charge on any atom is 0.387 e. The van der Waals surface area contributed by atoms with E-state index in [1.54, 1.807) is 30.3 Å². The number of para-hydroxylation sites is 1. The number of carbonyl (C=O) groups excluding carboxylic acids is 3. The van der Waals surface area contributed by atoms with Gasteiger partial charge in [0.2, 0.25) is 6.10 Å². The number of nitrogens with one attached hydrogen (secondary N) is 2. The van der Waals surface area contributed by atoms with E-state index in [0.717, 1.165) is 12.8 Å². The minimum Gasteiger partial charge on any atom is -0.446 e. The minimum absolute atomic E-state index is 0.0773. The Bertz CT molecular complexity index is 903. The van der Waals surface area contributed by atoms with Crippen molar-refractivity contribution < 1.29 is 32.6 Å². The van der Waals surface area contributed by atoms with Crippen LogP contribution in [0, 0.1) is 0 Å². The molecule has 0 unspecified atom stereocenters. The van der Waals surface area contributed by atoms with Crippen molar-refractivity contribution in [3.05, 3.63) is 65.7 Å². The molecule has 1 aliphatic rings. The molecule has 158 valence electrons. The first-order valence-corrected chi connectivity index (χ1v) is 9.31. The van der Waals surface area contributed by atoms with Crippen molar-refractivity contribution in [2.24, 2.45) is 0 Å². The van der Waals surface area contributed by atoms with Gasteiger partial charge in [0.05, 0.1) is 5.56 Å². The van der Waals surface area contributed by atoms with Gasteiger partial charge >= 0.3 is 12.6 Å². The topological polar surface area (TPSA) is 93.7 Å². The molecule has 0 saturated heterocycles. The first-order chi connectivity index (χ1) is 14.4. The molecule has 30 heavy (non-hydrogen) atoms. The van der Waals surface area contributed by atoms with Gasteiger partial charge in [-0.05, 0) is 25.0 Å². The molecular weight excluding hydrogens is 398 g/mol. The summed E-state index contributed by atoms with van der Waals surface area (Å²) >= 11 is 0. The Morgan fingerprint density at radius 1 is 1.00 bits per heavy atom. The van der Waals surface area contributed by atoms with Crippen LogP contribution in [-0.4, -0.2) is 37.0 Å². The lowest BCUT2D eigenvalue weighted by Gasteiger charge is -2.18. The molecule has 7 nitrogen and oxygen atoms in total. The van der Waals surface area contributed by atoms with Crippen LogP contribution in [0.25, 0.3) is 0 Å². The maximum atomic E-state index is 12.5. The SMILES string of the molecule is O=C(CNC(=O)c1ccccc1OC(F)F)O[C@H](C(=O)NC1CC1)c1ccccc1. The summed E-state index contributed by atoms with van der Waals surface area (Å²) in [6, 6.07) is 14.0. The van der Waals surface area contributed by atoms with Crippen LogP contribution in [0.15, 0.2) is 54.6 Å². The summed E-state index contributed by atoms with van der Waals surface area (Å²) in [5, 5.41) is 5.07. The van der Waals surface area contributed by atoms with Crippen molar-refractivity contribution in [1.82, 2.24) is 10.6 Å². The van der Waals surface area contributed by atoms with E-state index in [1.807, 2.05) is 0 Å². The molecule has 0 radical (unpaired) electrons. The number of carbonyl (C=O) groups is 3. The van der Waals surface area contributed by atoms with Gasteiger partial charge in [0, 0.05) is 11.6 Å². The first-order valence-electron chi connectivity index (χ1n) is 9.31. The molecule has 1 fully saturated rings. The Labute approximate surface area is 171 Å². The Balaban J connectivity index is 1.61. The number of hydrogen-bond donors (Lipinski definition) is 2. The highest BCUT2D eigenvalue weighted by Gasteiger charge is 2.30. The largest absolute Gasteiger partial charge is 0.446 e. The van der Waals surface area contributed by atoms with E-state index in [-0.39, 0.29) is 17.4 Å². The average molecular weight is 418 g/mol. The molecule has 0 heterocycles. The zero-order valence-electron chi connectivity index (χ0n) is 15.8. The first kappa shape index (κ1) is 21.2. The second-order valence-corrected chi connectivity index (χ2v) is 6.62. The number of alkyl halides is 2. The second kappa shape index (κ2) is 9.82. The molecule has 1 saturated carbocycles. The van der Waals surface area contributed by atoms with Crippen molar-refractivity contribution in [3.8, 4) is 5.75 Å². The fourth-order valence-corrected chi connectivity index (χ4v) is 2.68. The fourth-order valence-electron chi connectivity index (χ4n) is 2.68. The van der Waals surface area contributed by atoms with E-state index in [0.29, 0.717) is 5.56 Å². The van der Waals surface area contributed by atoms with Crippen LogP contribution in [0.1, 0.15) is 34.9 Å². The van der Waals surface area contributed by atoms with Gasteiger partial charge in [0.25, 0.3) is 11.8 Å². The molecule has 9 heteroatoms. The molecule has 2 aromatic rings. The summed E-state index contributed by atoms with van der Waals surface area (Å²) in [5.74, 6) is -2.40. The molecular formula is C21H20F2N2O5. The Morgan fingerprint density at radius 2 is 1.67 bits per heavy atom. The zero-order chi connectivity index (χ0) is 21.5. The van der Waals surface area contributed by atoms with Gasteiger partial charge in [-0.2, -0.15) is 8.78 Å². The van der Waals surface area contributed by atoms with E-state index < -0.39 is 37.0 Å². The molecule has 1 aliphatic carbocycles. The number of ether oxygens (including phenoxy) is 2. The van der Waals surface area contributed by atoms with Crippen LogP contribution in [0.4, 0.5) is 8.78 Å². The number of benzene rings is 2. The molecule has 0 bridgehead atoms. The molecule has 2 N–H and O–H groups in total. The third-order valence-electron chi connectivity index (χ3n) is 4.25. The highest BCUT2D eigenvalue weighted by molar-refractivity contribution is 5.98. The second-order valence-electron chi connectivity index (χ2n) is 6.62. The summed E-state index contributed by atoms with van der Waals surface area (Å²) in [5.41, 5.74) is 0.336. The molecule has 0 aromatic heterocycles. The Morgan fingerprint density at radius 3 is 2.33 bits per heavy atom. The summed E-state index contributed by atoms with van der Waals surface area (Å²) in [7, 11) is 0. The summed E-state index contributed by atoms with van der Waals surface area (Å²) < 4.78 is 34.6. The van der Waals surface area contributed by atoms with Crippen LogP contribution < -0.4 is 15.4 Å². The summed E-state index contributed by atoms with van der Waals surface area (Å²) in [6.45, 7) is -3.65. The monoisotopic (exact) mass is 418 g/mol. The van der Waals surface area contributed by atoms with Gasteiger partial charge in [0.1, 0.15) is 12.3 Å². The lowest BCUT2D eigenvalue weighted by Crippen LogP contribution is -2.36. The fraction of sp³-hybridized carbons (Fsp3) is 0.286. The van der Waals surface area contributed by atoms with E-state index in [1.165, 1.54) is 24.3 Å². The van der Waals surface area contributed by atoms with E-state index in [9.17, 15) is 23.2 Å². The minimum atomic E-state index is -3.10. The molecule has 2 aromatic carbocycles. The van der Waals surface area contributed by atoms with Crippen LogP contribution in [0.3, 0.4) is 0 Å². The number of hydrogen-bond acceptors (Lipinski definition) is 5. The lowest BCUT2D eigenvalue weighted by atomic mass is 10.1. The van der Waals surface area contributed by atoms with Crippen molar-refractivity contribution in [3.63, 3.8) is 0 Å². The van der Waals surface area contributed by atoms with Crippen molar-refractivity contribution >= 4 is 17.8 Å². The van der Waals surface area contributed by atoms with Gasteiger partial charge in [-0.25, -0.2) is 0 Å². The Hall–Kier alpha value is -3.49. The number of esters is 1. The van der Waals surface area contributed by atoms with E-state index >= 15 is 0 Å². The van der Waals surface area contributed by atoms with Crippen LogP contribution >= 0.6 is 0 Å². The molecule has 2 amide bonds. The molecule has 0 aliphatic heterocycles. The summed E-state index contributed by atoms with van der Waals surface area (Å²) in [6.07, 6.45) is 0.583. The number of rotatable bonds is 9. The Kier molecular flexibility index (Phi) is 6.95. The van der Waals surface area contributed by atoms with Crippen LogP contribution in [0.2, 0.25) is 0 Å². The normalized spacial score (nSPS) is 14.0. The van der Waals surface area contributed by atoms with Crippen molar-refractivity contribution in [2.75, 3.05) is 6.54 Å². The van der Waals surface area contributed by atoms with Gasteiger partial charge in [-0.1, -0.05) is 42.5 Å². The van der Waals surface area contributed by atoms with Crippen LogP contribution in [-0.2, 0) is 14.3 Å². The predicted octanol–water partition coefficient (Wildman–Crippen LogP) is 2.58. The number of amides is 2. The third-order valence-corrected chi connectivity index (χ3v) is 4.25. The standard InChI is InChI=1S/C21H20F2N2O5/c22-21(23)29-16-9-5-4-8-15(16)19(27)24-12-17(26)30-18(13-6-2-1-3-7-13)20(28)25-14-10-11-14/h1-9,14,18,21H,10-12H2,(H,24,27)(H,25,28)/t18-/m0/s1. The predicted molar refractivity (Wildman–Crippen MR) is 102 cm³/mol. The average Bonchev–Trinajstić information content (AvgIpc) is 3.54. The van der Waals surface area contributed by atoms with Crippen LogP contribution in [0.5, 0.6) is 5.75 Å². The van der Waals surface area contributed by atoms with Gasteiger partial charge in [-0.15, -0.1) is 0 Å². The molecule has 3 rings (SSSR count). The highest BCUT2D eigenvalue weighted by Crippen LogP contribution is 2.23.